The predicted octanol–water partition coefficient (Wildman–Crippen LogP) is 2.87. The molecule has 2 aliphatic rings. The van der Waals surface area contributed by atoms with E-state index in [2.05, 4.69) is 21.2 Å². The van der Waals surface area contributed by atoms with Gasteiger partial charge in [0.1, 0.15) is 11.5 Å². The van der Waals surface area contributed by atoms with Crippen molar-refractivity contribution in [3.63, 3.8) is 0 Å². The number of furan rings is 2. The monoisotopic (exact) mass is 467 g/mol. The maximum Gasteiger partial charge on any atom is 0.287 e. The average Bonchev–Trinajstić information content (AvgIpc) is 3.64. The van der Waals surface area contributed by atoms with Crippen LogP contribution in [-0.2, 0) is 24.4 Å². The van der Waals surface area contributed by atoms with Crippen molar-refractivity contribution in [3.05, 3.63) is 71.6 Å². The number of rotatable bonds is 10. The molecule has 0 bridgehead atoms. The molecule has 9 nitrogen and oxygen atoms in total. The first-order valence-electron chi connectivity index (χ1n) is 11.5. The van der Waals surface area contributed by atoms with Gasteiger partial charge >= 0.3 is 0 Å². The largest absolute Gasteiger partial charge is 0.467 e. The highest BCUT2D eigenvalue weighted by molar-refractivity contribution is 5.91. The van der Waals surface area contributed by atoms with Crippen molar-refractivity contribution in [2.75, 3.05) is 46.2 Å². The zero-order valence-corrected chi connectivity index (χ0v) is 19.0. The Labute approximate surface area is 198 Å². The number of hydrogen-bond donors (Lipinski definition) is 1. The molecule has 0 aliphatic carbocycles. The van der Waals surface area contributed by atoms with Gasteiger partial charge in [-0.2, -0.15) is 0 Å². The second-order valence-electron chi connectivity index (χ2n) is 8.38. The van der Waals surface area contributed by atoms with Crippen molar-refractivity contribution < 1.29 is 27.8 Å². The standard InChI is InChI=1S/C25H29N3O6/c29-25(26-15-20-2-1-11-31-20)23-6-4-21(34-23)17-28(8-7-27-9-12-30-13-10-27)16-19-3-5-22-24(14-19)33-18-32-22/h1-6,11,14H,7-10,12-13,15-18H2,(H,26,29). The number of carbonyl (C=O) groups excluding carboxylic acids is 1. The van der Waals surface area contributed by atoms with Crippen molar-refractivity contribution in [2.45, 2.75) is 19.6 Å². The van der Waals surface area contributed by atoms with Gasteiger partial charge in [-0.05, 0) is 42.0 Å². The second kappa shape index (κ2) is 10.8. The van der Waals surface area contributed by atoms with E-state index in [1.165, 1.54) is 0 Å². The van der Waals surface area contributed by atoms with Crippen LogP contribution in [0.25, 0.3) is 0 Å². The fraction of sp³-hybridized carbons (Fsp3) is 0.400. The van der Waals surface area contributed by atoms with Crippen molar-refractivity contribution in [3.8, 4) is 11.5 Å². The van der Waals surface area contributed by atoms with E-state index in [0.717, 1.165) is 68.8 Å². The highest BCUT2D eigenvalue weighted by Gasteiger charge is 2.18. The van der Waals surface area contributed by atoms with E-state index in [1.807, 2.05) is 24.3 Å². The van der Waals surface area contributed by atoms with Crippen molar-refractivity contribution in [2.24, 2.45) is 0 Å². The lowest BCUT2D eigenvalue weighted by Gasteiger charge is -2.29. The lowest BCUT2D eigenvalue weighted by atomic mass is 10.2. The third kappa shape index (κ3) is 5.80. The van der Waals surface area contributed by atoms with Gasteiger partial charge in [0.2, 0.25) is 6.79 Å². The summed E-state index contributed by atoms with van der Waals surface area (Å²) >= 11 is 0. The molecule has 34 heavy (non-hydrogen) atoms. The van der Waals surface area contributed by atoms with E-state index in [-0.39, 0.29) is 18.5 Å². The Kier molecular flexibility index (Phi) is 7.13. The molecule has 1 fully saturated rings. The molecule has 5 rings (SSSR count). The Hall–Kier alpha value is -3.27. The topological polar surface area (TPSA) is 89.6 Å². The zero-order chi connectivity index (χ0) is 23.2. The van der Waals surface area contributed by atoms with Crippen LogP contribution in [0.15, 0.2) is 57.6 Å². The third-order valence-electron chi connectivity index (χ3n) is 5.95. The van der Waals surface area contributed by atoms with Gasteiger partial charge in [0.15, 0.2) is 17.3 Å². The molecule has 1 N–H and O–H groups in total. The summed E-state index contributed by atoms with van der Waals surface area (Å²) in [6, 6.07) is 13.2. The smallest absolute Gasteiger partial charge is 0.287 e. The molecule has 4 heterocycles. The van der Waals surface area contributed by atoms with Crippen LogP contribution >= 0.6 is 0 Å². The molecule has 0 spiro atoms. The van der Waals surface area contributed by atoms with Crippen molar-refractivity contribution >= 4 is 5.91 Å². The highest BCUT2D eigenvalue weighted by Crippen LogP contribution is 2.33. The maximum atomic E-state index is 12.5. The first-order valence-corrected chi connectivity index (χ1v) is 11.5. The van der Waals surface area contributed by atoms with Crippen LogP contribution in [-0.4, -0.2) is 61.9 Å². The number of nitrogens with one attached hydrogen (secondary N) is 1. The molecule has 0 saturated carbocycles. The fourth-order valence-electron chi connectivity index (χ4n) is 4.09. The summed E-state index contributed by atoms with van der Waals surface area (Å²) in [6.45, 7) is 7.12. The Morgan fingerprint density at radius 3 is 2.74 bits per heavy atom. The van der Waals surface area contributed by atoms with Gasteiger partial charge in [-0.3, -0.25) is 14.6 Å². The molecule has 2 aliphatic heterocycles. The molecule has 9 heteroatoms. The minimum Gasteiger partial charge on any atom is -0.467 e. The second-order valence-corrected chi connectivity index (χ2v) is 8.38. The van der Waals surface area contributed by atoms with Gasteiger partial charge < -0.3 is 28.4 Å². The molecule has 1 aromatic carbocycles. The van der Waals surface area contributed by atoms with E-state index < -0.39 is 0 Å². The Bertz CT molecular complexity index is 1070. The highest BCUT2D eigenvalue weighted by atomic mass is 16.7. The van der Waals surface area contributed by atoms with Crippen LogP contribution in [0.1, 0.15) is 27.6 Å². The summed E-state index contributed by atoms with van der Waals surface area (Å²) in [4.78, 5) is 17.2. The number of amides is 1. The predicted molar refractivity (Wildman–Crippen MR) is 123 cm³/mol. The van der Waals surface area contributed by atoms with Gasteiger partial charge in [-0.15, -0.1) is 0 Å². The molecule has 0 unspecified atom stereocenters. The third-order valence-corrected chi connectivity index (χ3v) is 5.95. The first kappa shape index (κ1) is 22.5. The number of morpholine rings is 1. The summed E-state index contributed by atoms with van der Waals surface area (Å²) in [5.41, 5.74) is 1.13. The van der Waals surface area contributed by atoms with Gasteiger partial charge in [-0.1, -0.05) is 6.07 Å². The van der Waals surface area contributed by atoms with Crippen LogP contribution in [0.4, 0.5) is 0 Å². The molecule has 2 aromatic heterocycles. The minimum atomic E-state index is -0.265. The van der Waals surface area contributed by atoms with Crippen LogP contribution in [0, 0.1) is 0 Å². The van der Waals surface area contributed by atoms with E-state index in [0.29, 0.717) is 18.8 Å². The average molecular weight is 468 g/mol. The molecule has 1 saturated heterocycles. The number of nitrogens with zero attached hydrogens (tertiary/aromatic N) is 2. The van der Waals surface area contributed by atoms with Gasteiger partial charge in [0.05, 0.1) is 32.6 Å². The molecule has 0 atom stereocenters. The zero-order valence-electron chi connectivity index (χ0n) is 19.0. The summed E-state index contributed by atoms with van der Waals surface area (Å²) in [5, 5.41) is 2.82. The first-order chi connectivity index (χ1) is 16.7. The summed E-state index contributed by atoms with van der Waals surface area (Å²) < 4.78 is 27.6. The van der Waals surface area contributed by atoms with E-state index in [9.17, 15) is 4.79 Å². The summed E-state index contributed by atoms with van der Waals surface area (Å²) in [6.07, 6.45) is 1.58. The van der Waals surface area contributed by atoms with Gasteiger partial charge in [0.25, 0.3) is 5.91 Å². The maximum absolute atomic E-state index is 12.5. The molecule has 3 aromatic rings. The normalized spacial score (nSPS) is 15.7. The minimum absolute atomic E-state index is 0.261. The number of fused-ring (bicyclic) bond motifs is 1. The lowest BCUT2D eigenvalue weighted by Crippen LogP contribution is -2.41. The molecule has 180 valence electrons. The van der Waals surface area contributed by atoms with Crippen LogP contribution in [0.3, 0.4) is 0 Å². The number of ether oxygens (including phenoxy) is 3. The number of hydrogen-bond acceptors (Lipinski definition) is 8. The molecular formula is C25H29N3O6. The Morgan fingerprint density at radius 2 is 1.88 bits per heavy atom. The number of carbonyl (C=O) groups is 1. The Morgan fingerprint density at radius 1 is 1.00 bits per heavy atom. The fourth-order valence-corrected chi connectivity index (χ4v) is 4.09. The summed E-state index contributed by atoms with van der Waals surface area (Å²) in [5.74, 6) is 3.01. The van der Waals surface area contributed by atoms with Crippen LogP contribution in [0.2, 0.25) is 0 Å². The number of benzene rings is 1. The Balaban J connectivity index is 1.22. The molecule has 1 amide bonds. The summed E-state index contributed by atoms with van der Waals surface area (Å²) in [7, 11) is 0. The van der Waals surface area contributed by atoms with Gasteiger partial charge in [-0.25, -0.2) is 0 Å². The quantitative estimate of drug-likeness (QED) is 0.487. The molecular weight excluding hydrogens is 438 g/mol. The van der Waals surface area contributed by atoms with Gasteiger partial charge in [0, 0.05) is 32.7 Å². The van der Waals surface area contributed by atoms with Crippen molar-refractivity contribution in [1.29, 1.82) is 0 Å². The SMILES string of the molecule is O=C(NCc1ccco1)c1ccc(CN(CCN2CCOCC2)Cc2ccc3c(c2)OCO3)o1. The molecule has 0 radical (unpaired) electrons. The lowest BCUT2D eigenvalue weighted by molar-refractivity contribution is 0.0321. The van der Waals surface area contributed by atoms with E-state index >= 15 is 0 Å². The van der Waals surface area contributed by atoms with E-state index in [1.54, 1.807) is 18.4 Å². The van der Waals surface area contributed by atoms with Crippen LogP contribution in [0.5, 0.6) is 11.5 Å². The van der Waals surface area contributed by atoms with Crippen LogP contribution < -0.4 is 14.8 Å². The van der Waals surface area contributed by atoms with Crippen molar-refractivity contribution in [1.82, 2.24) is 15.1 Å². The van der Waals surface area contributed by atoms with E-state index in [4.69, 9.17) is 23.0 Å².